The molecule has 2 N–H and O–H groups in total. The first-order valence-corrected chi connectivity index (χ1v) is 5.84. The van der Waals surface area contributed by atoms with Crippen LogP contribution >= 0.6 is 11.6 Å². The van der Waals surface area contributed by atoms with Crippen LogP contribution in [0.25, 0.3) is 0 Å². The van der Waals surface area contributed by atoms with Crippen molar-refractivity contribution in [1.82, 2.24) is 0 Å². The number of nitrogens with zero attached hydrogens (tertiary/aromatic N) is 1. The van der Waals surface area contributed by atoms with Crippen molar-refractivity contribution in [3.8, 4) is 11.8 Å². The van der Waals surface area contributed by atoms with E-state index < -0.39 is 5.82 Å². The molecule has 2 aromatic rings. The Labute approximate surface area is 115 Å². The number of ether oxygens (including phenoxy) is 1. The van der Waals surface area contributed by atoms with Gasteiger partial charge >= 0.3 is 0 Å². The van der Waals surface area contributed by atoms with Crippen molar-refractivity contribution in [3.05, 3.63) is 58.4 Å². The van der Waals surface area contributed by atoms with Crippen molar-refractivity contribution in [3.63, 3.8) is 0 Å². The fourth-order valence-electron chi connectivity index (χ4n) is 1.52. The van der Waals surface area contributed by atoms with Gasteiger partial charge in [0.05, 0.1) is 16.7 Å². The highest BCUT2D eigenvalue weighted by atomic mass is 35.5. The third-order valence-corrected chi connectivity index (χ3v) is 2.82. The Kier molecular flexibility index (Phi) is 3.88. The van der Waals surface area contributed by atoms with Crippen LogP contribution in [0.1, 0.15) is 11.1 Å². The summed E-state index contributed by atoms with van der Waals surface area (Å²) in [6, 6.07) is 10.9. The summed E-state index contributed by atoms with van der Waals surface area (Å²) in [4.78, 5) is 0. The second-order valence-corrected chi connectivity index (χ2v) is 4.30. The third-order valence-electron chi connectivity index (χ3n) is 2.52. The van der Waals surface area contributed by atoms with E-state index in [1.807, 2.05) is 6.07 Å². The van der Waals surface area contributed by atoms with Crippen LogP contribution in [-0.2, 0) is 6.61 Å². The molecule has 0 aliphatic heterocycles. The number of halogens is 2. The van der Waals surface area contributed by atoms with Gasteiger partial charge in [-0.25, -0.2) is 4.39 Å². The van der Waals surface area contributed by atoms with Crippen molar-refractivity contribution in [2.24, 2.45) is 0 Å². The summed E-state index contributed by atoms with van der Waals surface area (Å²) < 4.78 is 19.0. The Bertz CT molecular complexity index is 652. The number of nitriles is 1. The summed E-state index contributed by atoms with van der Waals surface area (Å²) in [6.07, 6.45) is 0. The summed E-state index contributed by atoms with van der Waals surface area (Å²) >= 11 is 5.94. The van der Waals surface area contributed by atoms with Gasteiger partial charge < -0.3 is 10.5 Å². The van der Waals surface area contributed by atoms with E-state index in [0.29, 0.717) is 22.0 Å². The lowest BCUT2D eigenvalue weighted by atomic mass is 10.1. The molecule has 0 spiro atoms. The zero-order valence-corrected chi connectivity index (χ0v) is 10.6. The van der Waals surface area contributed by atoms with Crippen molar-refractivity contribution in [2.75, 3.05) is 5.73 Å². The molecule has 0 aliphatic rings. The van der Waals surface area contributed by atoms with Crippen LogP contribution in [-0.4, -0.2) is 0 Å². The van der Waals surface area contributed by atoms with E-state index in [4.69, 9.17) is 27.3 Å². The first kappa shape index (κ1) is 13.2. The minimum atomic E-state index is -0.481. The van der Waals surface area contributed by atoms with Gasteiger partial charge in [-0.05, 0) is 30.3 Å². The zero-order chi connectivity index (χ0) is 13.8. The molecule has 0 saturated heterocycles. The summed E-state index contributed by atoms with van der Waals surface area (Å²) in [5.41, 5.74) is 6.71. The molecule has 0 fully saturated rings. The molecule has 0 amide bonds. The Morgan fingerprint density at radius 1 is 1.26 bits per heavy atom. The summed E-state index contributed by atoms with van der Waals surface area (Å²) in [7, 11) is 0. The van der Waals surface area contributed by atoms with E-state index in [1.165, 1.54) is 18.2 Å². The van der Waals surface area contributed by atoms with E-state index >= 15 is 0 Å². The average molecular weight is 277 g/mol. The van der Waals surface area contributed by atoms with Crippen LogP contribution in [0.3, 0.4) is 0 Å². The maximum Gasteiger partial charge on any atom is 0.138 e. The van der Waals surface area contributed by atoms with Gasteiger partial charge in [0, 0.05) is 11.3 Å². The molecule has 19 heavy (non-hydrogen) atoms. The molecule has 0 aromatic heterocycles. The molecule has 0 radical (unpaired) electrons. The standard InChI is InChI=1S/C14H10ClFN2O/c15-12-6-11(18)3-4-14(12)19-8-10-2-1-9(7-17)5-13(10)16/h1-6H,8,18H2. The fourth-order valence-corrected chi connectivity index (χ4v) is 1.77. The van der Waals surface area contributed by atoms with E-state index in [0.717, 1.165) is 0 Å². The van der Waals surface area contributed by atoms with E-state index in [1.54, 1.807) is 18.2 Å². The van der Waals surface area contributed by atoms with E-state index in [-0.39, 0.29) is 12.2 Å². The van der Waals surface area contributed by atoms with E-state index in [2.05, 4.69) is 0 Å². The summed E-state index contributed by atoms with van der Waals surface area (Å²) in [5.74, 6) is -0.0507. The van der Waals surface area contributed by atoms with Gasteiger partial charge in [-0.3, -0.25) is 0 Å². The molecule has 0 atom stereocenters. The van der Waals surface area contributed by atoms with Crippen LogP contribution in [0.5, 0.6) is 5.75 Å². The smallest absolute Gasteiger partial charge is 0.138 e. The van der Waals surface area contributed by atoms with E-state index in [9.17, 15) is 4.39 Å². The van der Waals surface area contributed by atoms with Crippen molar-refractivity contribution in [2.45, 2.75) is 6.61 Å². The van der Waals surface area contributed by atoms with Crippen LogP contribution in [0.15, 0.2) is 36.4 Å². The summed E-state index contributed by atoms with van der Waals surface area (Å²) in [6.45, 7) is 0.0289. The van der Waals surface area contributed by atoms with Crippen LogP contribution in [0.4, 0.5) is 10.1 Å². The molecule has 2 aromatic carbocycles. The Hall–Kier alpha value is -2.25. The average Bonchev–Trinajstić information content (AvgIpc) is 2.39. The molecular weight excluding hydrogens is 267 g/mol. The molecule has 96 valence electrons. The maximum atomic E-state index is 13.6. The fraction of sp³-hybridized carbons (Fsp3) is 0.0714. The molecular formula is C14H10ClFN2O. The number of nitrogen functional groups attached to an aromatic ring is 1. The molecule has 0 aliphatic carbocycles. The monoisotopic (exact) mass is 276 g/mol. The normalized spacial score (nSPS) is 9.95. The highest BCUT2D eigenvalue weighted by molar-refractivity contribution is 6.32. The highest BCUT2D eigenvalue weighted by Crippen LogP contribution is 2.27. The van der Waals surface area contributed by atoms with Gasteiger partial charge in [-0.2, -0.15) is 5.26 Å². The maximum absolute atomic E-state index is 13.6. The predicted octanol–water partition coefficient (Wildman–Crippen LogP) is 3.51. The molecule has 0 unspecified atom stereocenters. The second kappa shape index (κ2) is 5.59. The SMILES string of the molecule is N#Cc1ccc(COc2ccc(N)cc2Cl)c(F)c1. The van der Waals surface area contributed by atoms with Crippen LogP contribution < -0.4 is 10.5 Å². The van der Waals surface area contributed by atoms with Gasteiger partial charge in [0.15, 0.2) is 0 Å². The second-order valence-electron chi connectivity index (χ2n) is 3.90. The number of hydrogen-bond donors (Lipinski definition) is 1. The van der Waals surface area contributed by atoms with Gasteiger partial charge in [0.2, 0.25) is 0 Å². The van der Waals surface area contributed by atoms with Gasteiger partial charge in [-0.15, -0.1) is 0 Å². The summed E-state index contributed by atoms with van der Waals surface area (Å²) in [5, 5.41) is 9.02. The minimum absolute atomic E-state index is 0.0289. The Morgan fingerprint density at radius 3 is 2.68 bits per heavy atom. The first-order valence-electron chi connectivity index (χ1n) is 5.46. The Morgan fingerprint density at radius 2 is 2.05 bits per heavy atom. The molecule has 2 rings (SSSR count). The topological polar surface area (TPSA) is 59.0 Å². The van der Waals surface area contributed by atoms with Gasteiger partial charge in [0.25, 0.3) is 0 Å². The molecule has 5 heteroatoms. The molecule has 0 heterocycles. The predicted molar refractivity (Wildman–Crippen MR) is 71.3 cm³/mol. The first-order chi connectivity index (χ1) is 9.10. The number of anilines is 1. The minimum Gasteiger partial charge on any atom is -0.487 e. The van der Waals surface area contributed by atoms with Crippen molar-refractivity contribution < 1.29 is 9.13 Å². The zero-order valence-electron chi connectivity index (χ0n) is 9.86. The lowest BCUT2D eigenvalue weighted by Gasteiger charge is -2.09. The van der Waals surface area contributed by atoms with Gasteiger partial charge in [0.1, 0.15) is 18.2 Å². The largest absolute Gasteiger partial charge is 0.487 e. The Balaban J connectivity index is 2.13. The van der Waals surface area contributed by atoms with Crippen molar-refractivity contribution >= 4 is 17.3 Å². The quantitative estimate of drug-likeness (QED) is 0.873. The molecule has 0 bridgehead atoms. The number of rotatable bonds is 3. The van der Waals surface area contributed by atoms with Gasteiger partial charge in [-0.1, -0.05) is 17.7 Å². The molecule has 0 saturated carbocycles. The molecule has 3 nitrogen and oxygen atoms in total. The number of nitrogens with two attached hydrogens (primary N) is 1. The van der Waals surface area contributed by atoms with Crippen LogP contribution in [0.2, 0.25) is 5.02 Å². The lowest BCUT2D eigenvalue weighted by Crippen LogP contribution is -1.99. The number of hydrogen-bond acceptors (Lipinski definition) is 3. The van der Waals surface area contributed by atoms with Crippen LogP contribution in [0, 0.1) is 17.1 Å². The van der Waals surface area contributed by atoms with Crippen molar-refractivity contribution in [1.29, 1.82) is 5.26 Å². The third kappa shape index (κ3) is 3.15. The lowest BCUT2D eigenvalue weighted by molar-refractivity contribution is 0.300. The number of benzene rings is 2. The highest BCUT2D eigenvalue weighted by Gasteiger charge is 2.06.